The third-order valence-corrected chi connectivity index (χ3v) is 5.26. The molecule has 0 amide bonds. The van der Waals surface area contributed by atoms with Gasteiger partial charge in [-0.05, 0) is 89.2 Å². The molecule has 0 saturated carbocycles. The van der Waals surface area contributed by atoms with Crippen LogP contribution < -0.4 is 19.5 Å². The first kappa shape index (κ1) is 21.6. The highest BCUT2D eigenvalue weighted by atomic mass is 127. The standard InChI is InChI=1S/C23H23ClINO3/c1-3-28-22-13-17(14-26-19-7-9-20(27-2)10-8-19)12-21(25)23(22)29-15-16-5-4-6-18(24)11-16/h4-13,26H,3,14-15H2,1-2H3. The molecule has 152 valence electrons. The molecular weight excluding hydrogens is 501 g/mol. The molecular formula is C23H23ClINO3. The third kappa shape index (κ3) is 6.18. The van der Waals surface area contributed by atoms with Crippen LogP contribution in [0, 0.1) is 3.57 Å². The van der Waals surface area contributed by atoms with E-state index in [1.54, 1.807) is 7.11 Å². The van der Waals surface area contributed by atoms with Gasteiger partial charge in [0.15, 0.2) is 11.5 Å². The van der Waals surface area contributed by atoms with Crippen molar-refractivity contribution in [2.75, 3.05) is 19.0 Å². The Balaban J connectivity index is 1.72. The second kappa shape index (κ2) is 10.6. The number of methoxy groups -OCH3 is 1. The van der Waals surface area contributed by atoms with Crippen molar-refractivity contribution in [2.45, 2.75) is 20.1 Å². The van der Waals surface area contributed by atoms with Crippen LogP contribution in [0.3, 0.4) is 0 Å². The van der Waals surface area contributed by atoms with Crippen LogP contribution in [0.1, 0.15) is 18.1 Å². The Morgan fingerprint density at radius 3 is 2.45 bits per heavy atom. The molecule has 1 N–H and O–H groups in total. The van der Waals surface area contributed by atoms with Crippen molar-refractivity contribution in [3.05, 3.63) is 80.4 Å². The molecule has 0 atom stereocenters. The summed E-state index contributed by atoms with van der Waals surface area (Å²) in [7, 11) is 1.66. The average molecular weight is 524 g/mol. The van der Waals surface area contributed by atoms with Gasteiger partial charge in [0.25, 0.3) is 0 Å². The average Bonchev–Trinajstić information content (AvgIpc) is 2.72. The number of hydrogen-bond donors (Lipinski definition) is 1. The summed E-state index contributed by atoms with van der Waals surface area (Å²) in [6.07, 6.45) is 0. The van der Waals surface area contributed by atoms with E-state index in [1.165, 1.54) is 0 Å². The zero-order chi connectivity index (χ0) is 20.6. The molecule has 3 aromatic carbocycles. The van der Waals surface area contributed by atoms with Gasteiger partial charge in [0.2, 0.25) is 0 Å². The lowest BCUT2D eigenvalue weighted by atomic mass is 10.2. The van der Waals surface area contributed by atoms with Crippen molar-refractivity contribution in [1.29, 1.82) is 0 Å². The minimum Gasteiger partial charge on any atom is -0.497 e. The Morgan fingerprint density at radius 1 is 0.966 bits per heavy atom. The van der Waals surface area contributed by atoms with Gasteiger partial charge >= 0.3 is 0 Å². The first-order valence-corrected chi connectivity index (χ1v) is 10.7. The number of halogens is 2. The Hall–Kier alpha value is -2.12. The molecule has 0 unspecified atom stereocenters. The van der Waals surface area contributed by atoms with Crippen LogP contribution in [0.15, 0.2) is 60.7 Å². The van der Waals surface area contributed by atoms with E-state index in [2.05, 4.69) is 34.0 Å². The van der Waals surface area contributed by atoms with Gasteiger partial charge in [-0.1, -0.05) is 23.7 Å². The Labute approximate surface area is 190 Å². The van der Waals surface area contributed by atoms with E-state index in [1.807, 2.05) is 61.5 Å². The van der Waals surface area contributed by atoms with Crippen molar-refractivity contribution >= 4 is 39.9 Å². The molecule has 0 heterocycles. The summed E-state index contributed by atoms with van der Waals surface area (Å²) in [6, 6.07) is 19.7. The summed E-state index contributed by atoms with van der Waals surface area (Å²) in [5.41, 5.74) is 3.16. The van der Waals surface area contributed by atoms with E-state index in [9.17, 15) is 0 Å². The maximum Gasteiger partial charge on any atom is 0.174 e. The highest BCUT2D eigenvalue weighted by Gasteiger charge is 2.13. The monoisotopic (exact) mass is 523 g/mol. The van der Waals surface area contributed by atoms with Crippen LogP contribution in [0.2, 0.25) is 5.02 Å². The highest BCUT2D eigenvalue weighted by molar-refractivity contribution is 14.1. The smallest absolute Gasteiger partial charge is 0.174 e. The van der Waals surface area contributed by atoms with Gasteiger partial charge in [-0.3, -0.25) is 0 Å². The molecule has 0 fully saturated rings. The summed E-state index contributed by atoms with van der Waals surface area (Å²) < 4.78 is 18.1. The van der Waals surface area contributed by atoms with Gasteiger partial charge in [-0.15, -0.1) is 0 Å². The van der Waals surface area contributed by atoms with E-state index >= 15 is 0 Å². The normalized spacial score (nSPS) is 10.5. The summed E-state index contributed by atoms with van der Waals surface area (Å²) in [5.74, 6) is 2.33. The lowest BCUT2D eigenvalue weighted by molar-refractivity contribution is 0.267. The molecule has 0 radical (unpaired) electrons. The molecule has 0 bridgehead atoms. The summed E-state index contributed by atoms with van der Waals surface area (Å²) in [6.45, 7) is 3.64. The highest BCUT2D eigenvalue weighted by Crippen LogP contribution is 2.35. The van der Waals surface area contributed by atoms with E-state index in [0.717, 1.165) is 37.6 Å². The lowest BCUT2D eigenvalue weighted by Gasteiger charge is -2.16. The number of hydrogen-bond acceptors (Lipinski definition) is 4. The number of benzene rings is 3. The topological polar surface area (TPSA) is 39.7 Å². The number of anilines is 1. The molecule has 29 heavy (non-hydrogen) atoms. The zero-order valence-electron chi connectivity index (χ0n) is 16.4. The largest absolute Gasteiger partial charge is 0.497 e. The number of rotatable bonds is 9. The van der Waals surface area contributed by atoms with Crippen LogP contribution in [0.5, 0.6) is 17.2 Å². The fraction of sp³-hybridized carbons (Fsp3) is 0.217. The van der Waals surface area contributed by atoms with E-state index in [0.29, 0.717) is 24.8 Å². The molecule has 0 aliphatic heterocycles. The van der Waals surface area contributed by atoms with Crippen molar-refractivity contribution < 1.29 is 14.2 Å². The molecule has 6 heteroatoms. The fourth-order valence-electron chi connectivity index (χ4n) is 2.82. The van der Waals surface area contributed by atoms with Crippen LogP contribution in [0.4, 0.5) is 5.69 Å². The van der Waals surface area contributed by atoms with Gasteiger partial charge in [0.05, 0.1) is 17.3 Å². The second-order valence-corrected chi connectivity index (χ2v) is 7.94. The predicted octanol–water partition coefficient (Wildman–Crippen LogP) is 6.54. The first-order valence-electron chi connectivity index (χ1n) is 9.29. The van der Waals surface area contributed by atoms with Gasteiger partial charge < -0.3 is 19.5 Å². The van der Waals surface area contributed by atoms with E-state index < -0.39 is 0 Å². The van der Waals surface area contributed by atoms with Gasteiger partial charge in [0.1, 0.15) is 12.4 Å². The van der Waals surface area contributed by atoms with Crippen LogP contribution in [-0.4, -0.2) is 13.7 Å². The molecule has 3 aromatic rings. The van der Waals surface area contributed by atoms with Crippen LogP contribution in [-0.2, 0) is 13.2 Å². The third-order valence-electron chi connectivity index (χ3n) is 4.23. The molecule has 4 nitrogen and oxygen atoms in total. The minimum absolute atomic E-state index is 0.431. The maximum absolute atomic E-state index is 6.08. The fourth-order valence-corrected chi connectivity index (χ4v) is 3.86. The lowest BCUT2D eigenvalue weighted by Crippen LogP contribution is -2.05. The van der Waals surface area contributed by atoms with Gasteiger partial charge in [0, 0.05) is 17.3 Å². The molecule has 0 saturated heterocycles. The zero-order valence-corrected chi connectivity index (χ0v) is 19.3. The Morgan fingerprint density at radius 2 is 1.76 bits per heavy atom. The van der Waals surface area contributed by atoms with E-state index in [4.69, 9.17) is 25.8 Å². The number of nitrogens with one attached hydrogen (secondary N) is 1. The van der Waals surface area contributed by atoms with E-state index in [-0.39, 0.29) is 0 Å². The van der Waals surface area contributed by atoms with Crippen LogP contribution in [0.25, 0.3) is 0 Å². The van der Waals surface area contributed by atoms with Crippen molar-refractivity contribution in [3.8, 4) is 17.2 Å². The summed E-state index contributed by atoms with van der Waals surface area (Å²) in [5, 5.41) is 4.12. The quantitative estimate of drug-likeness (QED) is 0.323. The summed E-state index contributed by atoms with van der Waals surface area (Å²) in [4.78, 5) is 0. The second-order valence-electron chi connectivity index (χ2n) is 6.34. The Kier molecular flexibility index (Phi) is 7.89. The maximum atomic E-state index is 6.08. The first-order chi connectivity index (χ1) is 14.1. The molecule has 3 rings (SSSR count). The molecule has 0 aliphatic rings. The van der Waals surface area contributed by atoms with Crippen LogP contribution >= 0.6 is 34.2 Å². The van der Waals surface area contributed by atoms with Crippen molar-refractivity contribution in [3.63, 3.8) is 0 Å². The van der Waals surface area contributed by atoms with Crippen molar-refractivity contribution in [2.24, 2.45) is 0 Å². The summed E-state index contributed by atoms with van der Waals surface area (Å²) >= 11 is 8.36. The molecule has 0 aliphatic carbocycles. The molecule has 0 aromatic heterocycles. The van der Waals surface area contributed by atoms with Crippen molar-refractivity contribution in [1.82, 2.24) is 0 Å². The Bertz CT molecular complexity index is 947. The minimum atomic E-state index is 0.431. The predicted molar refractivity (Wildman–Crippen MR) is 126 cm³/mol. The number of ether oxygens (including phenoxy) is 3. The van der Waals surface area contributed by atoms with Gasteiger partial charge in [-0.2, -0.15) is 0 Å². The SMILES string of the molecule is CCOc1cc(CNc2ccc(OC)cc2)cc(I)c1OCc1cccc(Cl)c1. The van der Waals surface area contributed by atoms with Gasteiger partial charge in [-0.25, -0.2) is 0 Å². The molecule has 0 spiro atoms.